The van der Waals surface area contributed by atoms with Crippen molar-refractivity contribution in [2.45, 2.75) is 19.4 Å². The molecule has 1 N–H and O–H groups in total. The van der Waals surface area contributed by atoms with E-state index in [0.29, 0.717) is 0 Å². The molecule has 92 valence electrons. The number of halogens is 2. The van der Waals surface area contributed by atoms with Crippen molar-refractivity contribution < 1.29 is 4.74 Å². The first-order chi connectivity index (χ1) is 8.22. The second kappa shape index (κ2) is 6.07. The van der Waals surface area contributed by atoms with Gasteiger partial charge in [-0.2, -0.15) is 0 Å². The summed E-state index contributed by atoms with van der Waals surface area (Å²) in [4.78, 5) is 0. The predicted octanol–water partition coefficient (Wildman–Crippen LogP) is 3.90. The number of nitrogens with one attached hydrogen (secondary N) is 1. The lowest BCUT2D eigenvalue weighted by atomic mass is 10.0. The Morgan fingerprint density at radius 3 is 2.94 bits per heavy atom. The van der Waals surface area contributed by atoms with Gasteiger partial charge in [-0.25, -0.2) is 0 Å². The lowest BCUT2D eigenvalue weighted by Gasteiger charge is -2.20. The molecule has 0 aliphatic carbocycles. The molecular formula is C13H15ClINO. The van der Waals surface area contributed by atoms with Crippen LogP contribution in [-0.4, -0.2) is 13.2 Å². The van der Waals surface area contributed by atoms with E-state index in [1.807, 2.05) is 12.1 Å². The Bertz CT molecular complexity index is 433. The standard InChI is InChI=1S/C13H15ClINO/c1-2-16-13(12-4-3-7-17-12)9-5-6-11(15)10(14)8-9/h4-6,8,13,16H,2-3,7H2,1H3. The van der Waals surface area contributed by atoms with Gasteiger partial charge in [-0.3, -0.25) is 0 Å². The molecule has 0 aromatic heterocycles. The van der Waals surface area contributed by atoms with Gasteiger partial charge in [-0.05, 0) is 52.9 Å². The first-order valence-corrected chi connectivity index (χ1v) is 7.19. The van der Waals surface area contributed by atoms with Crippen LogP contribution in [0.25, 0.3) is 0 Å². The molecule has 0 spiro atoms. The summed E-state index contributed by atoms with van der Waals surface area (Å²) in [6.07, 6.45) is 3.15. The normalized spacial score (nSPS) is 16.5. The number of rotatable bonds is 4. The van der Waals surface area contributed by atoms with E-state index in [0.717, 1.165) is 39.5 Å². The molecule has 1 heterocycles. The summed E-state index contributed by atoms with van der Waals surface area (Å²) in [5, 5.41) is 4.23. The summed E-state index contributed by atoms with van der Waals surface area (Å²) in [7, 11) is 0. The third-order valence-electron chi connectivity index (χ3n) is 2.70. The minimum atomic E-state index is 0.122. The number of likely N-dealkylation sites (N-methyl/N-ethyl adjacent to an activating group) is 1. The van der Waals surface area contributed by atoms with Crippen LogP contribution in [0.5, 0.6) is 0 Å². The predicted molar refractivity (Wildman–Crippen MR) is 79.2 cm³/mol. The lowest BCUT2D eigenvalue weighted by molar-refractivity contribution is 0.216. The smallest absolute Gasteiger partial charge is 0.114 e. The zero-order valence-electron chi connectivity index (χ0n) is 9.67. The molecule has 2 rings (SSSR count). The number of benzene rings is 1. The first kappa shape index (κ1) is 13.2. The van der Waals surface area contributed by atoms with Crippen molar-refractivity contribution in [2.75, 3.05) is 13.2 Å². The number of hydrogen-bond donors (Lipinski definition) is 1. The zero-order valence-corrected chi connectivity index (χ0v) is 12.6. The second-order valence-electron chi connectivity index (χ2n) is 3.91. The van der Waals surface area contributed by atoms with Crippen LogP contribution in [-0.2, 0) is 4.74 Å². The molecule has 1 aromatic carbocycles. The molecule has 17 heavy (non-hydrogen) atoms. The van der Waals surface area contributed by atoms with Gasteiger partial charge >= 0.3 is 0 Å². The van der Waals surface area contributed by atoms with Crippen molar-refractivity contribution in [1.82, 2.24) is 5.32 Å². The van der Waals surface area contributed by atoms with Crippen molar-refractivity contribution >= 4 is 34.2 Å². The number of hydrogen-bond acceptors (Lipinski definition) is 2. The van der Waals surface area contributed by atoms with E-state index in [2.05, 4.69) is 47.0 Å². The Balaban J connectivity index is 2.28. The van der Waals surface area contributed by atoms with Gasteiger partial charge < -0.3 is 10.1 Å². The summed E-state index contributed by atoms with van der Waals surface area (Å²) in [6.45, 7) is 3.78. The number of ether oxygens (including phenoxy) is 1. The third-order valence-corrected chi connectivity index (χ3v) is 4.27. The highest BCUT2D eigenvalue weighted by atomic mass is 127. The Labute approximate surface area is 121 Å². The van der Waals surface area contributed by atoms with Crippen LogP contribution in [0.15, 0.2) is 30.0 Å². The molecule has 0 saturated heterocycles. The summed E-state index contributed by atoms with van der Waals surface area (Å²) >= 11 is 8.41. The molecule has 0 fully saturated rings. The molecule has 1 aliphatic rings. The Kier molecular flexibility index (Phi) is 4.70. The molecule has 1 aromatic rings. The van der Waals surface area contributed by atoms with E-state index in [1.165, 1.54) is 0 Å². The highest BCUT2D eigenvalue weighted by Gasteiger charge is 2.20. The van der Waals surface area contributed by atoms with E-state index < -0.39 is 0 Å². The maximum Gasteiger partial charge on any atom is 0.114 e. The van der Waals surface area contributed by atoms with Crippen LogP contribution < -0.4 is 5.32 Å². The monoisotopic (exact) mass is 363 g/mol. The van der Waals surface area contributed by atoms with E-state index in [9.17, 15) is 0 Å². The largest absolute Gasteiger partial charge is 0.496 e. The fraction of sp³-hybridized carbons (Fsp3) is 0.385. The molecule has 1 unspecified atom stereocenters. The minimum Gasteiger partial charge on any atom is -0.496 e. The summed E-state index contributed by atoms with van der Waals surface area (Å²) in [6, 6.07) is 6.28. The quantitative estimate of drug-likeness (QED) is 0.819. The van der Waals surface area contributed by atoms with Gasteiger partial charge in [0.05, 0.1) is 17.7 Å². The van der Waals surface area contributed by atoms with Crippen LogP contribution in [0.2, 0.25) is 5.02 Å². The molecule has 1 atom stereocenters. The van der Waals surface area contributed by atoms with Crippen molar-refractivity contribution in [1.29, 1.82) is 0 Å². The van der Waals surface area contributed by atoms with Gasteiger partial charge in [-0.15, -0.1) is 0 Å². The van der Waals surface area contributed by atoms with E-state index in [-0.39, 0.29) is 6.04 Å². The van der Waals surface area contributed by atoms with Gasteiger partial charge in [0.2, 0.25) is 0 Å². The van der Waals surface area contributed by atoms with Crippen molar-refractivity contribution in [2.24, 2.45) is 0 Å². The highest BCUT2D eigenvalue weighted by molar-refractivity contribution is 14.1. The van der Waals surface area contributed by atoms with Gasteiger partial charge in [0.15, 0.2) is 0 Å². The van der Waals surface area contributed by atoms with Crippen LogP contribution in [0.4, 0.5) is 0 Å². The molecular weight excluding hydrogens is 349 g/mol. The van der Waals surface area contributed by atoms with Gasteiger partial charge in [0, 0.05) is 9.99 Å². The summed E-state index contributed by atoms with van der Waals surface area (Å²) in [5.41, 5.74) is 1.16. The highest BCUT2D eigenvalue weighted by Crippen LogP contribution is 2.29. The molecule has 0 amide bonds. The maximum absolute atomic E-state index is 6.17. The average molecular weight is 364 g/mol. The van der Waals surface area contributed by atoms with E-state index >= 15 is 0 Å². The van der Waals surface area contributed by atoms with Crippen LogP contribution in [0.1, 0.15) is 24.9 Å². The van der Waals surface area contributed by atoms with Crippen LogP contribution >= 0.6 is 34.2 Å². The van der Waals surface area contributed by atoms with E-state index in [4.69, 9.17) is 16.3 Å². The molecule has 0 saturated carbocycles. The SMILES string of the molecule is CCNC(C1=CCCO1)c1ccc(I)c(Cl)c1. The first-order valence-electron chi connectivity index (χ1n) is 5.73. The van der Waals surface area contributed by atoms with Crippen molar-refractivity contribution in [3.8, 4) is 0 Å². The van der Waals surface area contributed by atoms with Crippen molar-refractivity contribution in [3.63, 3.8) is 0 Å². The fourth-order valence-corrected chi connectivity index (χ4v) is 2.44. The topological polar surface area (TPSA) is 21.3 Å². The fourth-order valence-electron chi connectivity index (χ4n) is 1.92. The minimum absolute atomic E-state index is 0.122. The maximum atomic E-state index is 6.17. The van der Waals surface area contributed by atoms with Crippen LogP contribution in [0.3, 0.4) is 0 Å². The summed E-state index contributed by atoms with van der Waals surface area (Å²) < 4.78 is 6.72. The third kappa shape index (κ3) is 3.14. The molecule has 0 radical (unpaired) electrons. The molecule has 4 heteroatoms. The van der Waals surface area contributed by atoms with E-state index in [1.54, 1.807) is 0 Å². The second-order valence-corrected chi connectivity index (χ2v) is 5.48. The Morgan fingerprint density at radius 2 is 2.35 bits per heavy atom. The molecule has 1 aliphatic heterocycles. The van der Waals surface area contributed by atoms with Gasteiger partial charge in [-0.1, -0.05) is 24.6 Å². The lowest BCUT2D eigenvalue weighted by Crippen LogP contribution is -2.23. The Hall–Kier alpha value is -0.260. The van der Waals surface area contributed by atoms with Crippen LogP contribution in [0, 0.1) is 3.57 Å². The van der Waals surface area contributed by atoms with Crippen molar-refractivity contribution in [3.05, 3.63) is 44.2 Å². The average Bonchev–Trinajstić information content (AvgIpc) is 2.83. The van der Waals surface area contributed by atoms with Gasteiger partial charge in [0.1, 0.15) is 5.76 Å². The zero-order chi connectivity index (χ0) is 12.3. The van der Waals surface area contributed by atoms with Gasteiger partial charge in [0.25, 0.3) is 0 Å². The Morgan fingerprint density at radius 1 is 1.53 bits per heavy atom. The molecule has 2 nitrogen and oxygen atoms in total. The molecule has 0 bridgehead atoms. The summed E-state index contributed by atoms with van der Waals surface area (Å²) in [5.74, 6) is 1.02.